The second kappa shape index (κ2) is 6.68. The largest absolute Gasteiger partial charge is 0.377 e. The van der Waals surface area contributed by atoms with Crippen LogP contribution >= 0.6 is 0 Å². The summed E-state index contributed by atoms with van der Waals surface area (Å²) in [6.07, 6.45) is 3.85. The predicted octanol–water partition coefficient (Wildman–Crippen LogP) is 2.65. The number of methoxy groups -OCH3 is 1. The minimum atomic E-state index is -0.0970. The van der Waals surface area contributed by atoms with Crippen molar-refractivity contribution in [2.75, 3.05) is 20.2 Å². The summed E-state index contributed by atoms with van der Waals surface area (Å²) >= 11 is 0. The number of rotatable bonds is 4. The Labute approximate surface area is 145 Å². The van der Waals surface area contributed by atoms with Gasteiger partial charge in [-0.2, -0.15) is 0 Å². The van der Waals surface area contributed by atoms with Gasteiger partial charge in [-0.15, -0.1) is 0 Å². The number of benzene rings is 1. The number of ether oxygens (including phenoxy) is 1. The molecule has 3 aromatic rings. The summed E-state index contributed by atoms with van der Waals surface area (Å²) in [6.45, 7) is 1.68. The molecule has 1 fully saturated rings. The first-order chi connectivity index (χ1) is 12.3. The maximum absolute atomic E-state index is 12.7. The predicted molar refractivity (Wildman–Crippen MR) is 91.1 cm³/mol. The molecule has 0 radical (unpaired) electrons. The average Bonchev–Trinajstić information content (AvgIpc) is 3.28. The second-order valence-corrected chi connectivity index (χ2v) is 6.30. The molecule has 0 N–H and O–H groups in total. The minimum Gasteiger partial charge on any atom is -0.377 e. The van der Waals surface area contributed by atoms with Gasteiger partial charge < -0.3 is 18.7 Å². The molecule has 3 heterocycles. The van der Waals surface area contributed by atoms with Gasteiger partial charge in [0.1, 0.15) is 6.61 Å². The zero-order chi connectivity index (χ0) is 17.2. The summed E-state index contributed by atoms with van der Waals surface area (Å²) < 4.78 is 12.3. The maximum Gasteiger partial charge on any atom is 0.276 e. The van der Waals surface area contributed by atoms with Gasteiger partial charge in [0.2, 0.25) is 0 Å². The first kappa shape index (κ1) is 15.8. The molecule has 1 saturated heterocycles. The van der Waals surface area contributed by atoms with Crippen molar-refractivity contribution < 1.29 is 14.1 Å². The van der Waals surface area contributed by atoms with Crippen molar-refractivity contribution in [3.05, 3.63) is 48.1 Å². The number of carbonyl (C=O) groups excluding carboxylic acids is 1. The molecule has 0 spiro atoms. The molecule has 2 aromatic heterocycles. The first-order valence-electron chi connectivity index (χ1n) is 8.41. The summed E-state index contributed by atoms with van der Waals surface area (Å²) in [5.41, 5.74) is 2.42. The SMILES string of the molecule is COCc1cc(C(=O)N2CCC[C@H](n3cnc4ccccc43)C2)no1. The van der Waals surface area contributed by atoms with Crippen LogP contribution in [0.1, 0.15) is 35.1 Å². The number of aromatic nitrogens is 3. The van der Waals surface area contributed by atoms with Gasteiger partial charge in [-0.3, -0.25) is 4.79 Å². The van der Waals surface area contributed by atoms with E-state index in [4.69, 9.17) is 9.26 Å². The molecular formula is C18H20N4O3. The molecule has 1 aliphatic heterocycles. The molecule has 0 saturated carbocycles. The van der Waals surface area contributed by atoms with Crippen LogP contribution in [-0.4, -0.2) is 45.7 Å². The highest BCUT2D eigenvalue weighted by atomic mass is 16.5. The molecule has 1 aromatic carbocycles. The maximum atomic E-state index is 12.7. The molecule has 4 rings (SSSR count). The Bertz CT molecular complexity index is 885. The Morgan fingerprint density at radius 1 is 1.40 bits per heavy atom. The molecule has 1 atom stereocenters. The molecule has 130 valence electrons. The van der Waals surface area contributed by atoms with Gasteiger partial charge in [0.05, 0.1) is 23.4 Å². The summed E-state index contributed by atoms with van der Waals surface area (Å²) in [7, 11) is 1.58. The fraction of sp³-hybridized carbons (Fsp3) is 0.389. The third-order valence-corrected chi connectivity index (χ3v) is 4.62. The smallest absolute Gasteiger partial charge is 0.276 e. The number of fused-ring (bicyclic) bond motifs is 1. The number of nitrogens with zero attached hydrogens (tertiary/aromatic N) is 4. The number of amides is 1. The number of likely N-dealkylation sites (tertiary alicyclic amines) is 1. The van der Waals surface area contributed by atoms with E-state index in [0.717, 1.165) is 30.4 Å². The summed E-state index contributed by atoms with van der Waals surface area (Å²) in [5.74, 6) is 0.459. The lowest BCUT2D eigenvalue weighted by molar-refractivity contribution is 0.0670. The molecule has 0 unspecified atom stereocenters. The van der Waals surface area contributed by atoms with Crippen LogP contribution in [0.4, 0.5) is 0 Å². The van der Waals surface area contributed by atoms with Crippen molar-refractivity contribution in [1.29, 1.82) is 0 Å². The lowest BCUT2D eigenvalue weighted by Crippen LogP contribution is -2.40. The van der Waals surface area contributed by atoms with Crippen molar-refractivity contribution in [2.45, 2.75) is 25.5 Å². The number of para-hydroxylation sites is 2. The van der Waals surface area contributed by atoms with Crippen LogP contribution in [0.5, 0.6) is 0 Å². The van der Waals surface area contributed by atoms with Gasteiger partial charge in [0.25, 0.3) is 5.91 Å². The molecule has 25 heavy (non-hydrogen) atoms. The molecule has 7 nitrogen and oxygen atoms in total. The number of imidazole rings is 1. The lowest BCUT2D eigenvalue weighted by atomic mass is 10.0. The Morgan fingerprint density at radius 3 is 3.16 bits per heavy atom. The zero-order valence-electron chi connectivity index (χ0n) is 14.1. The standard InChI is InChI=1S/C18H20N4O3/c1-24-11-14-9-16(20-25-14)18(23)21-8-4-5-13(10-21)22-12-19-15-6-2-3-7-17(15)22/h2-3,6-7,9,12-13H,4-5,8,10-11H2,1H3/t13-/m0/s1. The van der Waals surface area contributed by atoms with Gasteiger partial charge in [-0.1, -0.05) is 17.3 Å². The monoisotopic (exact) mass is 340 g/mol. The molecule has 0 aliphatic carbocycles. The highest BCUT2D eigenvalue weighted by molar-refractivity contribution is 5.92. The van der Waals surface area contributed by atoms with E-state index in [0.29, 0.717) is 24.6 Å². The van der Waals surface area contributed by atoms with Crippen molar-refractivity contribution >= 4 is 16.9 Å². The van der Waals surface area contributed by atoms with Crippen molar-refractivity contribution in [3.63, 3.8) is 0 Å². The van der Waals surface area contributed by atoms with Crippen LogP contribution in [-0.2, 0) is 11.3 Å². The number of piperidine rings is 1. The van der Waals surface area contributed by atoms with Crippen LogP contribution in [0, 0.1) is 0 Å². The fourth-order valence-corrected chi connectivity index (χ4v) is 3.42. The summed E-state index contributed by atoms with van der Waals surface area (Å²) in [4.78, 5) is 19.0. The van der Waals surface area contributed by atoms with Crippen molar-refractivity contribution in [2.24, 2.45) is 0 Å². The molecule has 1 amide bonds. The molecule has 0 bridgehead atoms. The average molecular weight is 340 g/mol. The number of hydrogen-bond acceptors (Lipinski definition) is 5. The Kier molecular flexibility index (Phi) is 4.23. The Balaban J connectivity index is 1.53. The van der Waals surface area contributed by atoms with E-state index in [2.05, 4.69) is 20.8 Å². The fourth-order valence-electron chi connectivity index (χ4n) is 3.42. The van der Waals surface area contributed by atoms with Crippen molar-refractivity contribution in [1.82, 2.24) is 19.6 Å². The van der Waals surface area contributed by atoms with Crippen LogP contribution < -0.4 is 0 Å². The van der Waals surface area contributed by atoms with Crippen LogP contribution in [0.25, 0.3) is 11.0 Å². The molecule has 1 aliphatic rings. The van der Waals surface area contributed by atoms with Gasteiger partial charge in [-0.05, 0) is 25.0 Å². The summed E-state index contributed by atoms with van der Waals surface area (Å²) in [6, 6.07) is 9.94. The van der Waals surface area contributed by atoms with Gasteiger partial charge in [0, 0.05) is 26.3 Å². The highest BCUT2D eigenvalue weighted by Crippen LogP contribution is 2.26. The van der Waals surface area contributed by atoms with Crippen molar-refractivity contribution in [3.8, 4) is 0 Å². The third-order valence-electron chi connectivity index (χ3n) is 4.62. The van der Waals surface area contributed by atoms with Crippen LogP contribution in [0.15, 0.2) is 41.2 Å². The first-order valence-corrected chi connectivity index (χ1v) is 8.41. The molecular weight excluding hydrogens is 320 g/mol. The highest BCUT2D eigenvalue weighted by Gasteiger charge is 2.28. The quantitative estimate of drug-likeness (QED) is 0.730. The third kappa shape index (κ3) is 3.02. The van der Waals surface area contributed by atoms with E-state index in [9.17, 15) is 4.79 Å². The van der Waals surface area contributed by atoms with Gasteiger partial charge in [-0.25, -0.2) is 4.98 Å². The van der Waals surface area contributed by atoms with Gasteiger partial charge in [0.15, 0.2) is 11.5 Å². The van der Waals surface area contributed by atoms with E-state index in [-0.39, 0.29) is 11.9 Å². The summed E-state index contributed by atoms with van der Waals surface area (Å²) in [5, 5.41) is 3.88. The van der Waals surface area contributed by atoms with Crippen LogP contribution in [0.2, 0.25) is 0 Å². The number of hydrogen-bond donors (Lipinski definition) is 0. The zero-order valence-corrected chi connectivity index (χ0v) is 14.1. The number of carbonyl (C=O) groups is 1. The van der Waals surface area contributed by atoms with E-state index in [1.165, 1.54) is 0 Å². The van der Waals surface area contributed by atoms with E-state index in [1.807, 2.05) is 29.4 Å². The lowest BCUT2D eigenvalue weighted by Gasteiger charge is -2.33. The minimum absolute atomic E-state index is 0.0970. The second-order valence-electron chi connectivity index (χ2n) is 6.30. The molecule has 7 heteroatoms. The Morgan fingerprint density at radius 2 is 2.28 bits per heavy atom. The topological polar surface area (TPSA) is 73.4 Å². The van der Waals surface area contributed by atoms with E-state index in [1.54, 1.807) is 13.2 Å². The van der Waals surface area contributed by atoms with E-state index < -0.39 is 0 Å². The van der Waals surface area contributed by atoms with Gasteiger partial charge >= 0.3 is 0 Å². The van der Waals surface area contributed by atoms with E-state index >= 15 is 0 Å². The van der Waals surface area contributed by atoms with Crippen LogP contribution in [0.3, 0.4) is 0 Å². The Hall–Kier alpha value is -2.67. The normalized spacial score (nSPS) is 18.0.